The van der Waals surface area contributed by atoms with E-state index >= 15 is 0 Å². The molecular weight excluding hydrogens is 374 g/mol. The Labute approximate surface area is 162 Å². The van der Waals surface area contributed by atoms with Gasteiger partial charge in [0.25, 0.3) is 0 Å². The number of hydrogen-bond donors (Lipinski definition) is 1. The molecule has 7 heteroatoms. The molecule has 0 radical (unpaired) electrons. The largest absolute Gasteiger partial charge is 0.462 e. The van der Waals surface area contributed by atoms with Gasteiger partial charge in [-0.15, -0.1) is 11.3 Å². The van der Waals surface area contributed by atoms with Crippen LogP contribution in [0.2, 0.25) is 5.02 Å². The van der Waals surface area contributed by atoms with Crippen molar-refractivity contribution in [3.8, 4) is 11.1 Å². The normalized spacial score (nSPS) is 11.2. The average molecular weight is 396 g/mol. The first-order valence-corrected chi connectivity index (χ1v) is 9.38. The number of ether oxygens (including phenoxy) is 2. The summed E-state index contributed by atoms with van der Waals surface area (Å²) in [5.41, 5.74) is 1.22. The number of aryl methyl sites for hydroxylation is 1. The van der Waals surface area contributed by atoms with Crippen molar-refractivity contribution >= 4 is 40.0 Å². The van der Waals surface area contributed by atoms with Crippen LogP contribution in [0, 0.1) is 6.92 Å². The number of nitrogens with one attached hydrogen (secondary N) is 1. The van der Waals surface area contributed by atoms with Gasteiger partial charge in [-0.1, -0.05) is 23.7 Å². The van der Waals surface area contributed by atoms with E-state index in [0.29, 0.717) is 15.6 Å². The van der Waals surface area contributed by atoms with Gasteiger partial charge >= 0.3 is 12.1 Å². The van der Waals surface area contributed by atoms with Gasteiger partial charge in [0.1, 0.15) is 16.2 Å². The second-order valence-corrected chi connectivity index (χ2v) is 8.25. The highest BCUT2D eigenvalue weighted by atomic mass is 35.5. The summed E-state index contributed by atoms with van der Waals surface area (Å²) in [5.74, 6) is -0.493. The fraction of sp³-hybridized carbons (Fsp3) is 0.368. The molecule has 0 saturated heterocycles. The maximum atomic E-state index is 12.6. The van der Waals surface area contributed by atoms with E-state index in [1.54, 1.807) is 39.8 Å². The third-order valence-corrected chi connectivity index (χ3v) is 4.58. The third kappa shape index (κ3) is 4.99. The molecule has 0 fully saturated rings. The first-order chi connectivity index (χ1) is 12.1. The lowest BCUT2D eigenvalue weighted by molar-refractivity contribution is 0.0529. The highest BCUT2D eigenvalue weighted by molar-refractivity contribution is 7.17. The molecular formula is C19H22ClNO4S. The molecule has 0 spiro atoms. The van der Waals surface area contributed by atoms with E-state index in [2.05, 4.69) is 5.32 Å². The number of thiophene rings is 1. The molecule has 2 rings (SSSR count). The first kappa shape index (κ1) is 20.3. The third-order valence-electron chi connectivity index (χ3n) is 3.31. The second kappa shape index (κ2) is 8.10. The lowest BCUT2D eigenvalue weighted by Crippen LogP contribution is -2.27. The Morgan fingerprint density at radius 3 is 2.35 bits per heavy atom. The van der Waals surface area contributed by atoms with E-state index in [0.717, 1.165) is 16.0 Å². The SMILES string of the molecule is CCOC(=O)c1c(NC(=O)OC(C)(C)C)sc(C)c1-c1ccc(Cl)cc1. The van der Waals surface area contributed by atoms with Gasteiger partial charge in [-0.25, -0.2) is 9.59 Å². The molecule has 0 aliphatic rings. The summed E-state index contributed by atoms with van der Waals surface area (Å²) in [6, 6.07) is 7.17. The summed E-state index contributed by atoms with van der Waals surface area (Å²) in [4.78, 5) is 25.6. The van der Waals surface area contributed by atoms with Gasteiger partial charge < -0.3 is 9.47 Å². The van der Waals surface area contributed by atoms with E-state index < -0.39 is 17.7 Å². The van der Waals surface area contributed by atoms with Crippen molar-refractivity contribution in [2.24, 2.45) is 0 Å². The van der Waals surface area contributed by atoms with E-state index in [9.17, 15) is 9.59 Å². The number of carbonyl (C=O) groups excluding carboxylic acids is 2. The van der Waals surface area contributed by atoms with Crippen molar-refractivity contribution in [1.29, 1.82) is 0 Å². The number of halogens is 1. The topological polar surface area (TPSA) is 64.6 Å². The van der Waals surface area contributed by atoms with Crippen molar-refractivity contribution in [2.45, 2.75) is 40.2 Å². The van der Waals surface area contributed by atoms with Crippen LogP contribution in [-0.2, 0) is 9.47 Å². The van der Waals surface area contributed by atoms with Gasteiger partial charge in [-0.2, -0.15) is 0 Å². The smallest absolute Gasteiger partial charge is 0.412 e. The van der Waals surface area contributed by atoms with E-state index in [-0.39, 0.29) is 6.61 Å². The number of rotatable bonds is 4. The second-order valence-electron chi connectivity index (χ2n) is 6.59. The lowest BCUT2D eigenvalue weighted by atomic mass is 10.0. The lowest BCUT2D eigenvalue weighted by Gasteiger charge is -2.19. The van der Waals surface area contributed by atoms with Crippen LogP contribution in [0.4, 0.5) is 9.80 Å². The summed E-state index contributed by atoms with van der Waals surface area (Å²) in [5, 5.41) is 3.69. The molecule has 140 valence electrons. The Balaban J connectivity index is 2.48. The number of hydrogen-bond acceptors (Lipinski definition) is 5. The Bertz CT molecular complexity index is 806. The molecule has 0 saturated carbocycles. The first-order valence-electron chi connectivity index (χ1n) is 8.19. The highest BCUT2D eigenvalue weighted by Crippen LogP contribution is 2.40. The Morgan fingerprint density at radius 2 is 1.81 bits per heavy atom. The zero-order valence-corrected chi connectivity index (χ0v) is 17.0. The average Bonchev–Trinajstić information content (AvgIpc) is 2.82. The summed E-state index contributed by atoms with van der Waals surface area (Å²) in [7, 11) is 0. The van der Waals surface area contributed by atoms with Crippen LogP contribution in [0.25, 0.3) is 11.1 Å². The zero-order chi connectivity index (χ0) is 19.5. The van der Waals surface area contributed by atoms with E-state index in [1.807, 2.05) is 19.1 Å². The maximum Gasteiger partial charge on any atom is 0.412 e. The van der Waals surface area contributed by atoms with Crippen molar-refractivity contribution < 1.29 is 19.1 Å². The number of carbonyl (C=O) groups is 2. The van der Waals surface area contributed by atoms with Gasteiger partial charge in [0, 0.05) is 15.5 Å². The molecule has 5 nitrogen and oxygen atoms in total. The van der Waals surface area contributed by atoms with Crippen molar-refractivity contribution in [1.82, 2.24) is 0 Å². The molecule has 0 aliphatic carbocycles. The predicted molar refractivity (Wildman–Crippen MR) is 105 cm³/mol. The van der Waals surface area contributed by atoms with Gasteiger partial charge in [-0.05, 0) is 52.3 Å². The van der Waals surface area contributed by atoms with Crippen molar-refractivity contribution in [2.75, 3.05) is 11.9 Å². The summed E-state index contributed by atoms with van der Waals surface area (Å²) in [6.45, 7) is 9.18. The van der Waals surface area contributed by atoms with Crippen LogP contribution < -0.4 is 5.32 Å². The molecule has 0 aliphatic heterocycles. The number of esters is 1. The maximum absolute atomic E-state index is 12.6. The standard InChI is InChI=1S/C19H22ClNO4S/c1-6-24-17(22)15-14(12-7-9-13(20)10-8-12)11(2)26-16(15)21-18(23)25-19(3,4)5/h7-10H,6H2,1-5H3,(H,21,23). The minimum Gasteiger partial charge on any atom is -0.462 e. The van der Waals surface area contributed by atoms with Crippen LogP contribution in [-0.4, -0.2) is 24.3 Å². The Morgan fingerprint density at radius 1 is 1.19 bits per heavy atom. The molecule has 2 aromatic rings. The fourth-order valence-corrected chi connectivity index (χ4v) is 3.57. The molecule has 0 bridgehead atoms. The van der Waals surface area contributed by atoms with Crippen LogP contribution in [0.1, 0.15) is 42.9 Å². The Hall–Kier alpha value is -2.05. The van der Waals surface area contributed by atoms with Gasteiger partial charge in [-0.3, -0.25) is 5.32 Å². The molecule has 1 aromatic carbocycles. The van der Waals surface area contributed by atoms with E-state index in [1.165, 1.54) is 11.3 Å². The summed E-state index contributed by atoms with van der Waals surface area (Å²) >= 11 is 7.27. The molecule has 1 aromatic heterocycles. The highest BCUT2D eigenvalue weighted by Gasteiger charge is 2.26. The fourth-order valence-electron chi connectivity index (χ4n) is 2.39. The molecule has 26 heavy (non-hydrogen) atoms. The zero-order valence-electron chi connectivity index (χ0n) is 15.4. The van der Waals surface area contributed by atoms with Crippen LogP contribution >= 0.6 is 22.9 Å². The summed E-state index contributed by atoms with van der Waals surface area (Å²) in [6.07, 6.45) is -0.619. The monoisotopic (exact) mass is 395 g/mol. The van der Waals surface area contributed by atoms with E-state index in [4.69, 9.17) is 21.1 Å². The molecule has 1 heterocycles. The van der Waals surface area contributed by atoms with Crippen molar-refractivity contribution in [3.63, 3.8) is 0 Å². The Kier molecular flexibility index (Phi) is 6.31. The van der Waals surface area contributed by atoms with Crippen LogP contribution in [0.15, 0.2) is 24.3 Å². The number of amides is 1. The number of anilines is 1. The van der Waals surface area contributed by atoms with Gasteiger partial charge in [0.2, 0.25) is 0 Å². The minimum atomic E-state index is -0.639. The minimum absolute atomic E-state index is 0.236. The number of benzene rings is 1. The van der Waals surface area contributed by atoms with Crippen molar-refractivity contribution in [3.05, 3.63) is 39.7 Å². The van der Waals surface area contributed by atoms with Gasteiger partial charge in [0.15, 0.2) is 0 Å². The molecule has 1 N–H and O–H groups in total. The molecule has 0 unspecified atom stereocenters. The molecule has 1 amide bonds. The van der Waals surface area contributed by atoms with Crippen LogP contribution in [0.3, 0.4) is 0 Å². The molecule has 0 atom stereocenters. The quantitative estimate of drug-likeness (QED) is 0.654. The van der Waals surface area contributed by atoms with Crippen LogP contribution in [0.5, 0.6) is 0 Å². The predicted octanol–water partition coefficient (Wildman–Crippen LogP) is 5.90. The van der Waals surface area contributed by atoms with Gasteiger partial charge in [0.05, 0.1) is 6.61 Å². The summed E-state index contributed by atoms with van der Waals surface area (Å²) < 4.78 is 10.5.